The van der Waals surface area contributed by atoms with Crippen LogP contribution in [0.15, 0.2) is 10.5 Å². The SMILES string of the molecule is Cc1cc(C(=O)NCC(=O)NC(C)(C)C)c(C)o1. The van der Waals surface area contributed by atoms with Gasteiger partial charge in [-0.3, -0.25) is 9.59 Å². The van der Waals surface area contributed by atoms with Gasteiger partial charge >= 0.3 is 0 Å². The quantitative estimate of drug-likeness (QED) is 0.857. The second-order valence-electron chi connectivity index (χ2n) is 5.31. The Hall–Kier alpha value is -1.78. The van der Waals surface area contributed by atoms with Crippen molar-refractivity contribution in [2.24, 2.45) is 0 Å². The van der Waals surface area contributed by atoms with Crippen molar-refractivity contribution < 1.29 is 14.0 Å². The van der Waals surface area contributed by atoms with Crippen LogP contribution in [0.3, 0.4) is 0 Å². The van der Waals surface area contributed by atoms with Crippen molar-refractivity contribution in [3.63, 3.8) is 0 Å². The van der Waals surface area contributed by atoms with E-state index in [1.165, 1.54) is 0 Å². The Morgan fingerprint density at radius 3 is 2.33 bits per heavy atom. The van der Waals surface area contributed by atoms with Gasteiger partial charge in [-0.1, -0.05) is 0 Å². The van der Waals surface area contributed by atoms with Gasteiger partial charge in [-0.25, -0.2) is 0 Å². The van der Waals surface area contributed by atoms with E-state index in [0.29, 0.717) is 17.1 Å². The van der Waals surface area contributed by atoms with Crippen LogP contribution in [0.25, 0.3) is 0 Å². The number of hydrogen-bond donors (Lipinski definition) is 2. The maximum Gasteiger partial charge on any atom is 0.255 e. The molecule has 0 aliphatic carbocycles. The third kappa shape index (κ3) is 4.24. The molecule has 1 aromatic heterocycles. The number of rotatable bonds is 3. The largest absolute Gasteiger partial charge is 0.466 e. The summed E-state index contributed by atoms with van der Waals surface area (Å²) in [6, 6.07) is 1.66. The van der Waals surface area contributed by atoms with Gasteiger partial charge in [0.2, 0.25) is 5.91 Å². The molecule has 0 fully saturated rings. The summed E-state index contributed by atoms with van der Waals surface area (Å²) >= 11 is 0. The van der Waals surface area contributed by atoms with Crippen LogP contribution in [0.2, 0.25) is 0 Å². The molecule has 1 aromatic rings. The van der Waals surface area contributed by atoms with Gasteiger partial charge in [0.05, 0.1) is 12.1 Å². The van der Waals surface area contributed by atoms with Gasteiger partial charge in [-0.2, -0.15) is 0 Å². The van der Waals surface area contributed by atoms with E-state index in [1.54, 1.807) is 19.9 Å². The Kier molecular flexibility index (Phi) is 4.16. The lowest BCUT2D eigenvalue weighted by Gasteiger charge is -2.20. The topological polar surface area (TPSA) is 71.3 Å². The molecule has 18 heavy (non-hydrogen) atoms. The first kappa shape index (κ1) is 14.3. The molecule has 0 aromatic carbocycles. The molecule has 100 valence electrons. The first-order valence-corrected chi connectivity index (χ1v) is 5.85. The molecule has 5 heteroatoms. The molecule has 0 radical (unpaired) electrons. The average Bonchev–Trinajstić information content (AvgIpc) is 2.52. The van der Waals surface area contributed by atoms with Crippen LogP contribution in [0.5, 0.6) is 0 Å². The summed E-state index contributed by atoms with van der Waals surface area (Å²) in [5, 5.41) is 5.33. The summed E-state index contributed by atoms with van der Waals surface area (Å²) in [6.07, 6.45) is 0. The van der Waals surface area contributed by atoms with Gasteiger partial charge in [-0.05, 0) is 40.7 Å². The van der Waals surface area contributed by atoms with Crippen LogP contribution >= 0.6 is 0 Å². The first-order chi connectivity index (χ1) is 8.19. The first-order valence-electron chi connectivity index (χ1n) is 5.85. The van der Waals surface area contributed by atoms with Crippen molar-refractivity contribution in [2.45, 2.75) is 40.2 Å². The summed E-state index contributed by atoms with van der Waals surface area (Å²) in [5.74, 6) is 0.722. The van der Waals surface area contributed by atoms with Crippen LogP contribution in [0, 0.1) is 13.8 Å². The van der Waals surface area contributed by atoms with Gasteiger partial charge in [0.15, 0.2) is 0 Å². The summed E-state index contributed by atoms with van der Waals surface area (Å²) in [4.78, 5) is 23.3. The highest BCUT2D eigenvalue weighted by Crippen LogP contribution is 2.13. The maximum absolute atomic E-state index is 11.8. The van der Waals surface area contributed by atoms with E-state index in [2.05, 4.69) is 10.6 Å². The van der Waals surface area contributed by atoms with E-state index in [-0.39, 0.29) is 23.9 Å². The van der Waals surface area contributed by atoms with Gasteiger partial charge in [0.1, 0.15) is 11.5 Å². The van der Waals surface area contributed by atoms with Gasteiger partial charge < -0.3 is 15.1 Å². The maximum atomic E-state index is 11.8. The van der Waals surface area contributed by atoms with E-state index in [1.807, 2.05) is 20.8 Å². The fraction of sp³-hybridized carbons (Fsp3) is 0.538. The Morgan fingerprint density at radius 2 is 1.89 bits per heavy atom. The van der Waals surface area contributed by atoms with Crippen LogP contribution in [0.4, 0.5) is 0 Å². The summed E-state index contributed by atoms with van der Waals surface area (Å²) < 4.78 is 5.26. The van der Waals surface area contributed by atoms with Crippen LogP contribution in [-0.4, -0.2) is 23.9 Å². The normalized spacial score (nSPS) is 11.2. The molecule has 1 rings (SSSR count). The van der Waals surface area contributed by atoms with E-state index in [4.69, 9.17) is 4.42 Å². The molecule has 5 nitrogen and oxygen atoms in total. The van der Waals surface area contributed by atoms with E-state index in [0.717, 1.165) is 0 Å². The number of carbonyl (C=O) groups excluding carboxylic acids is 2. The molecule has 0 bridgehead atoms. The zero-order valence-corrected chi connectivity index (χ0v) is 11.5. The number of aryl methyl sites for hydroxylation is 2. The van der Waals surface area contributed by atoms with Crippen LogP contribution in [0.1, 0.15) is 42.6 Å². The highest BCUT2D eigenvalue weighted by molar-refractivity contribution is 5.97. The Labute approximate surface area is 107 Å². The highest BCUT2D eigenvalue weighted by Gasteiger charge is 2.16. The Morgan fingerprint density at radius 1 is 1.28 bits per heavy atom. The minimum Gasteiger partial charge on any atom is -0.466 e. The Balaban J connectivity index is 2.52. The zero-order valence-electron chi connectivity index (χ0n) is 11.5. The van der Waals surface area contributed by atoms with Crippen molar-refractivity contribution in [1.29, 1.82) is 0 Å². The lowest BCUT2D eigenvalue weighted by molar-refractivity contribution is -0.121. The molecule has 2 N–H and O–H groups in total. The molecular weight excluding hydrogens is 232 g/mol. The standard InChI is InChI=1S/C13H20N2O3/c1-8-6-10(9(2)18-8)12(17)14-7-11(16)15-13(3,4)5/h6H,7H2,1-5H3,(H,14,17)(H,15,16). The second-order valence-corrected chi connectivity index (χ2v) is 5.31. The number of amides is 2. The van der Waals surface area contributed by atoms with Crippen LogP contribution in [-0.2, 0) is 4.79 Å². The van der Waals surface area contributed by atoms with E-state index >= 15 is 0 Å². The van der Waals surface area contributed by atoms with Crippen molar-refractivity contribution in [2.75, 3.05) is 6.54 Å². The molecule has 1 heterocycles. The van der Waals surface area contributed by atoms with Crippen molar-refractivity contribution in [3.05, 3.63) is 23.2 Å². The lowest BCUT2D eigenvalue weighted by Crippen LogP contribution is -2.45. The van der Waals surface area contributed by atoms with Crippen molar-refractivity contribution in [1.82, 2.24) is 10.6 Å². The van der Waals surface area contributed by atoms with Gasteiger partial charge in [0.25, 0.3) is 5.91 Å². The summed E-state index contributed by atoms with van der Waals surface area (Å²) in [6.45, 7) is 9.11. The van der Waals surface area contributed by atoms with Crippen molar-refractivity contribution >= 4 is 11.8 Å². The van der Waals surface area contributed by atoms with Crippen molar-refractivity contribution in [3.8, 4) is 0 Å². The van der Waals surface area contributed by atoms with Crippen LogP contribution < -0.4 is 10.6 Å². The number of hydrogen-bond acceptors (Lipinski definition) is 3. The highest BCUT2D eigenvalue weighted by atomic mass is 16.3. The molecule has 0 atom stereocenters. The molecule has 2 amide bonds. The zero-order chi connectivity index (χ0) is 13.9. The Bertz CT molecular complexity index is 455. The molecular formula is C13H20N2O3. The summed E-state index contributed by atoms with van der Waals surface area (Å²) in [7, 11) is 0. The van der Waals surface area contributed by atoms with E-state index < -0.39 is 0 Å². The third-order valence-corrected chi connectivity index (χ3v) is 2.21. The molecule has 0 aliphatic heterocycles. The minimum atomic E-state index is -0.302. The molecule has 0 aliphatic rings. The lowest BCUT2D eigenvalue weighted by atomic mass is 10.1. The molecule has 0 unspecified atom stereocenters. The average molecular weight is 252 g/mol. The molecule has 0 spiro atoms. The third-order valence-electron chi connectivity index (χ3n) is 2.21. The summed E-state index contributed by atoms with van der Waals surface area (Å²) in [5.41, 5.74) is 0.167. The molecule has 0 saturated heterocycles. The second kappa shape index (κ2) is 5.25. The minimum absolute atomic E-state index is 0.0419. The smallest absolute Gasteiger partial charge is 0.255 e. The van der Waals surface area contributed by atoms with Gasteiger partial charge in [0, 0.05) is 5.54 Å². The van der Waals surface area contributed by atoms with E-state index in [9.17, 15) is 9.59 Å². The monoisotopic (exact) mass is 252 g/mol. The van der Waals surface area contributed by atoms with Gasteiger partial charge in [-0.15, -0.1) is 0 Å². The number of carbonyl (C=O) groups is 2. The molecule has 0 saturated carbocycles. The number of nitrogens with one attached hydrogen (secondary N) is 2. The fourth-order valence-electron chi connectivity index (χ4n) is 1.57. The fourth-order valence-corrected chi connectivity index (χ4v) is 1.57. The number of furan rings is 1. The predicted octanol–water partition coefficient (Wildman–Crippen LogP) is 1.54. The predicted molar refractivity (Wildman–Crippen MR) is 68.4 cm³/mol.